The highest BCUT2D eigenvalue weighted by Gasteiger charge is 2.38. The summed E-state index contributed by atoms with van der Waals surface area (Å²) in [6.45, 7) is 9.34. The van der Waals surface area contributed by atoms with Gasteiger partial charge in [0.05, 0.1) is 16.7 Å². The van der Waals surface area contributed by atoms with Gasteiger partial charge in [-0.3, -0.25) is 0 Å². The van der Waals surface area contributed by atoms with Gasteiger partial charge in [-0.1, -0.05) is 168 Å². The lowest BCUT2D eigenvalue weighted by molar-refractivity contribution is 0.661. The number of unbranched alkanes of at least 4 members (excludes halogenated alkanes) is 2. The normalized spacial score (nSPS) is 12.8. The Bertz CT molecular complexity index is 2980. The molecular formula is C59H54N2. The van der Waals surface area contributed by atoms with Crippen LogP contribution in [0.2, 0.25) is 0 Å². The zero-order valence-corrected chi connectivity index (χ0v) is 36.0. The molecule has 0 fully saturated rings. The molecule has 0 radical (unpaired) electrons. The van der Waals surface area contributed by atoms with Crippen LogP contribution in [0.15, 0.2) is 182 Å². The summed E-state index contributed by atoms with van der Waals surface area (Å²) >= 11 is 0. The number of fused-ring (bicyclic) bond motifs is 6. The summed E-state index contributed by atoms with van der Waals surface area (Å²) in [4.78, 5) is 2.47. The number of para-hydroxylation sites is 1. The van der Waals surface area contributed by atoms with Crippen LogP contribution < -0.4 is 4.90 Å². The largest absolute Gasteiger partial charge is 0.310 e. The van der Waals surface area contributed by atoms with Crippen molar-refractivity contribution in [2.24, 2.45) is 0 Å². The minimum atomic E-state index is -0.166. The second-order valence-electron chi connectivity index (χ2n) is 17.4. The maximum Gasteiger partial charge on any atom is 0.0547 e. The molecule has 0 bridgehead atoms. The molecule has 0 saturated heterocycles. The molecule has 10 rings (SSSR count). The molecule has 0 saturated carbocycles. The Labute approximate surface area is 361 Å². The van der Waals surface area contributed by atoms with Crippen molar-refractivity contribution in [2.45, 2.75) is 71.6 Å². The third kappa shape index (κ3) is 6.85. The maximum absolute atomic E-state index is 2.52. The average molecular weight is 791 g/mol. The van der Waals surface area contributed by atoms with Crippen molar-refractivity contribution in [1.29, 1.82) is 0 Å². The monoisotopic (exact) mass is 790 g/mol. The molecule has 1 aliphatic carbocycles. The Hall–Kier alpha value is -6.64. The molecule has 1 aromatic heterocycles. The van der Waals surface area contributed by atoms with E-state index in [9.17, 15) is 0 Å². The van der Waals surface area contributed by atoms with Gasteiger partial charge in [-0.2, -0.15) is 0 Å². The summed E-state index contributed by atoms with van der Waals surface area (Å²) in [5, 5.41) is 2.58. The van der Waals surface area contributed by atoms with E-state index in [0.29, 0.717) is 0 Å². The molecule has 0 aliphatic heterocycles. The quantitative estimate of drug-likeness (QED) is 0.120. The van der Waals surface area contributed by atoms with Crippen LogP contribution >= 0.6 is 0 Å². The lowest BCUT2D eigenvalue weighted by atomic mass is 9.81. The molecule has 0 N–H and O–H groups in total. The Balaban J connectivity index is 1.11. The SMILES string of the molecule is CCCCc1cc(CCCC)cc(-n2c3ccccc3c3c(-c4ccc(N(c5ccc(-c6ccccc6)cc5)c5cccc6c5C(C)(C)c5ccccc5-6)cc4)cccc32)c1. The van der Waals surface area contributed by atoms with Crippen molar-refractivity contribution < 1.29 is 0 Å². The molecule has 9 aromatic rings. The van der Waals surface area contributed by atoms with Crippen LogP contribution in [0.3, 0.4) is 0 Å². The van der Waals surface area contributed by atoms with E-state index in [0.717, 1.165) is 24.2 Å². The van der Waals surface area contributed by atoms with Gasteiger partial charge in [0.2, 0.25) is 0 Å². The van der Waals surface area contributed by atoms with Crippen molar-refractivity contribution >= 4 is 38.9 Å². The Morgan fingerprint density at radius 2 is 1.03 bits per heavy atom. The topological polar surface area (TPSA) is 8.17 Å². The van der Waals surface area contributed by atoms with Gasteiger partial charge in [-0.15, -0.1) is 0 Å². The first-order chi connectivity index (χ1) is 29.9. The second-order valence-corrected chi connectivity index (χ2v) is 17.4. The summed E-state index contributed by atoms with van der Waals surface area (Å²) in [6.07, 6.45) is 7.04. The number of hydrogen-bond acceptors (Lipinski definition) is 1. The van der Waals surface area contributed by atoms with E-state index in [1.165, 1.54) is 114 Å². The summed E-state index contributed by atoms with van der Waals surface area (Å²) in [5.74, 6) is 0. The van der Waals surface area contributed by atoms with Gasteiger partial charge in [0.25, 0.3) is 0 Å². The van der Waals surface area contributed by atoms with Crippen molar-refractivity contribution in [3.8, 4) is 39.1 Å². The zero-order valence-electron chi connectivity index (χ0n) is 36.0. The predicted octanol–water partition coefficient (Wildman–Crippen LogP) is 16.6. The summed E-state index contributed by atoms with van der Waals surface area (Å²) in [5.41, 5.74) is 20.3. The van der Waals surface area contributed by atoms with Crippen molar-refractivity contribution in [3.63, 3.8) is 0 Å². The van der Waals surface area contributed by atoms with Crippen LogP contribution in [-0.2, 0) is 18.3 Å². The molecule has 61 heavy (non-hydrogen) atoms. The van der Waals surface area contributed by atoms with Crippen LogP contribution in [0.5, 0.6) is 0 Å². The minimum absolute atomic E-state index is 0.166. The van der Waals surface area contributed by atoms with E-state index >= 15 is 0 Å². The Morgan fingerprint density at radius 1 is 0.475 bits per heavy atom. The molecule has 0 unspecified atom stereocenters. The van der Waals surface area contributed by atoms with Gasteiger partial charge < -0.3 is 9.47 Å². The van der Waals surface area contributed by atoms with Gasteiger partial charge in [0, 0.05) is 33.2 Å². The second kappa shape index (κ2) is 16.1. The molecule has 2 heteroatoms. The van der Waals surface area contributed by atoms with E-state index in [-0.39, 0.29) is 5.41 Å². The molecule has 300 valence electrons. The maximum atomic E-state index is 2.52. The first-order valence-corrected chi connectivity index (χ1v) is 22.4. The van der Waals surface area contributed by atoms with Gasteiger partial charge in [-0.25, -0.2) is 0 Å². The molecule has 0 amide bonds. The Kier molecular flexibility index (Phi) is 10.2. The summed E-state index contributed by atoms with van der Waals surface area (Å²) in [7, 11) is 0. The smallest absolute Gasteiger partial charge is 0.0547 e. The van der Waals surface area contributed by atoms with Crippen LogP contribution in [0.1, 0.15) is 75.6 Å². The summed E-state index contributed by atoms with van der Waals surface area (Å²) < 4.78 is 2.52. The molecule has 0 spiro atoms. The van der Waals surface area contributed by atoms with Gasteiger partial charge in [-0.05, 0) is 136 Å². The van der Waals surface area contributed by atoms with E-state index < -0.39 is 0 Å². The van der Waals surface area contributed by atoms with E-state index in [2.05, 4.69) is 219 Å². The fourth-order valence-corrected chi connectivity index (χ4v) is 10.1. The van der Waals surface area contributed by atoms with Crippen molar-refractivity contribution in [3.05, 3.63) is 204 Å². The Morgan fingerprint density at radius 3 is 1.74 bits per heavy atom. The number of aromatic nitrogens is 1. The van der Waals surface area contributed by atoms with Crippen LogP contribution in [-0.4, -0.2) is 4.57 Å². The highest BCUT2D eigenvalue weighted by atomic mass is 15.1. The highest BCUT2D eigenvalue weighted by Crippen LogP contribution is 2.54. The fourth-order valence-electron chi connectivity index (χ4n) is 10.1. The number of rotatable bonds is 12. The molecule has 1 heterocycles. The predicted molar refractivity (Wildman–Crippen MR) is 261 cm³/mol. The van der Waals surface area contributed by atoms with Crippen molar-refractivity contribution in [1.82, 2.24) is 4.57 Å². The van der Waals surface area contributed by atoms with E-state index in [1.807, 2.05) is 0 Å². The molecule has 8 aromatic carbocycles. The number of nitrogens with zero attached hydrogens (tertiary/aromatic N) is 2. The number of anilines is 3. The van der Waals surface area contributed by atoms with Crippen LogP contribution in [0.4, 0.5) is 17.1 Å². The minimum Gasteiger partial charge on any atom is -0.310 e. The lowest BCUT2D eigenvalue weighted by Crippen LogP contribution is -2.20. The summed E-state index contributed by atoms with van der Waals surface area (Å²) in [6, 6.07) is 68.0. The van der Waals surface area contributed by atoms with Crippen LogP contribution in [0, 0.1) is 0 Å². The van der Waals surface area contributed by atoms with Gasteiger partial charge in [0.1, 0.15) is 0 Å². The average Bonchev–Trinajstić information content (AvgIpc) is 3.77. The number of aryl methyl sites for hydroxylation is 2. The molecule has 0 atom stereocenters. The lowest BCUT2D eigenvalue weighted by Gasteiger charge is -2.32. The zero-order chi connectivity index (χ0) is 41.5. The fraction of sp³-hybridized carbons (Fsp3) is 0.186. The first-order valence-electron chi connectivity index (χ1n) is 22.4. The number of hydrogen-bond donors (Lipinski definition) is 0. The first kappa shape index (κ1) is 38.6. The third-order valence-electron chi connectivity index (χ3n) is 13.1. The standard InChI is InChI=1S/C59H54N2/c1-5-7-18-41-38-42(19-8-6-2)40-48(39-41)61-54-27-15-13-23-52(54)57-49(24-16-28-55(57)61)45-32-36-47(37-33-45)60(46-34-30-44(31-35-46)43-20-10-9-11-21-43)56-29-17-25-51-50-22-12-14-26-53(50)59(3,4)58(51)56/h9-17,20-40H,5-8,18-19H2,1-4H3. The van der Waals surface area contributed by atoms with E-state index in [4.69, 9.17) is 0 Å². The van der Waals surface area contributed by atoms with Gasteiger partial charge in [0.15, 0.2) is 0 Å². The van der Waals surface area contributed by atoms with Gasteiger partial charge >= 0.3 is 0 Å². The number of benzene rings is 8. The molecule has 2 nitrogen and oxygen atoms in total. The third-order valence-corrected chi connectivity index (χ3v) is 13.1. The highest BCUT2D eigenvalue weighted by molar-refractivity contribution is 6.15. The van der Waals surface area contributed by atoms with Crippen LogP contribution in [0.25, 0.3) is 60.9 Å². The molecular weight excluding hydrogens is 737 g/mol. The molecule has 1 aliphatic rings. The van der Waals surface area contributed by atoms with E-state index in [1.54, 1.807) is 0 Å². The van der Waals surface area contributed by atoms with Crippen molar-refractivity contribution in [2.75, 3.05) is 4.90 Å².